The van der Waals surface area contributed by atoms with Crippen molar-refractivity contribution in [2.24, 2.45) is 0 Å². The number of benzene rings is 3. The predicted molar refractivity (Wildman–Crippen MR) is 139 cm³/mol. The number of H-pyrrole nitrogens is 1. The van der Waals surface area contributed by atoms with Crippen molar-refractivity contribution in [2.45, 2.75) is 25.5 Å². The van der Waals surface area contributed by atoms with Crippen LogP contribution in [0, 0.1) is 0 Å². The zero-order valence-electron chi connectivity index (χ0n) is 19.3. The Balaban J connectivity index is 1.25. The number of likely N-dealkylation sites (N-methyl/N-ethyl adjacent to an activating group) is 1. The lowest BCUT2D eigenvalue weighted by Crippen LogP contribution is -2.24. The van der Waals surface area contributed by atoms with E-state index in [-0.39, 0.29) is 10.6 Å². The molecule has 0 radical (unpaired) electrons. The van der Waals surface area contributed by atoms with Crippen LogP contribution < -0.4 is 10.2 Å². The molecule has 6 nitrogen and oxygen atoms in total. The topological polar surface area (TPSA) is 88.6 Å². The second kappa shape index (κ2) is 11.4. The fourth-order valence-electron chi connectivity index (χ4n) is 4.12. The molecule has 4 rings (SSSR count). The number of phenolic OH excluding ortho intramolecular Hbond substituents is 1. The third kappa shape index (κ3) is 6.33. The van der Waals surface area contributed by atoms with E-state index in [1.165, 1.54) is 22.8 Å². The van der Waals surface area contributed by atoms with Gasteiger partial charge in [0.05, 0.1) is 10.8 Å². The van der Waals surface area contributed by atoms with Gasteiger partial charge in [-0.1, -0.05) is 72.0 Å². The van der Waals surface area contributed by atoms with Crippen molar-refractivity contribution >= 4 is 21.6 Å². The number of thiazole rings is 1. The van der Waals surface area contributed by atoms with Gasteiger partial charge in [-0.3, -0.25) is 4.79 Å². The first kappa shape index (κ1) is 24.2. The number of fused-ring (bicyclic) bond motifs is 1. The molecule has 34 heavy (non-hydrogen) atoms. The summed E-state index contributed by atoms with van der Waals surface area (Å²) < 4.78 is 0.600. The molecule has 7 heteroatoms. The van der Waals surface area contributed by atoms with Crippen molar-refractivity contribution in [1.82, 2.24) is 15.2 Å². The number of aromatic hydroxyl groups is 1. The average Bonchev–Trinajstić information content (AvgIpc) is 3.24. The highest BCUT2D eigenvalue weighted by atomic mass is 32.1. The number of aromatic amines is 1. The van der Waals surface area contributed by atoms with Gasteiger partial charge in [0.25, 0.3) is 0 Å². The summed E-state index contributed by atoms with van der Waals surface area (Å²) in [6.07, 6.45) is 1.13. The number of aromatic nitrogens is 1. The summed E-state index contributed by atoms with van der Waals surface area (Å²) in [6.45, 7) is 3.01. The number of hydrogen-bond acceptors (Lipinski definition) is 6. The van der Waals surface area contributed by atoms with Gasteiger partial charge < -0.3 is 25.4 Å². The molecule has 1 atom stereocenters. The molecular formula is C27H31N3O3S. The first-order chi connectivity index (χ1) is 16.5. The van der Waals surface area contributed by atoms with E-state index in [1.807, 2.05) is 6.07 Å². The largest absolute Gasteiger partial charge is 0.506 e. The lowest BCUT2D eigenvalue weighted by Gasteiger charge is -2.17. The molecule has 3 aromatic carbocycles. The minimum atomic E-state index is -0.765. The van der Waals surface area contributed by atoms with Gasteiger partial charge in [-0.25, -0.2) is 0 Å². The second-order valence-electron chi connectivity index (χ2n) is 8.66. The molecular weight excluding hydrogens is 446 g/mol. The highest BCUT2D eigenvalue weighted by Crippen LogP contribution is 2.31. The summed E-state index contributed by atoms with van der Waals surface area (Å²) >= 11 is 1.00. The Morgan fingerprint density at radius 3 is 2.59 bits per heavy atom. The summed E-state index contributed by atoms with van der Waals surface area (Å²) in [7, 11) is 2.15. The van der Waals surface area contributed by atoms with E-state index in [0.29, 0.717) is 22.3 Å². The lowest BCUT2D eigenvalue weighted by molar-refractivity contribution is 0.176. The smallest absolute Gasteiger partial charge is 0.305 e. The Bertz CT molecular complexity index is 1270. The summed E-state index contributed by atoms with van der Waals surface area (Å²) in [6, 6.07) is 22.4. The third-order valence-corrected chi connectivity index (χ3v) is 6.88. The number of aliphatic hydroxyl groups is 1. The van der Waals surface area contributed by atoms with Crippen LogP contribution in [0.2, 0.25) is 0 Å². The van der Waals surface area contributed by atoms with E-state index in [1.54, 1.807) is 6.07 Å². The Kier molecular flexibility index (Phi) is 8.13. The number of aliphatic hydroxyl groups excluding tert-OH is 1. The summed E-state index contributed by atoms with van der Waals surface area (Å²) in [5.41, 5.74) is 4.94. The Morgan fingerprint density at radius 1 is 1.00 bits per heavy atom. The summed E-state index contributed by atoms with van der Waals surface area (Å²) in [5, 5.41) is 23.9. The minimum absolute atomic E-state index is 0.0165. The Hall–Kier alpha value is -2.97. The van der Waals surface area contributed by atoms with Crippen molar-refractivity contribution in [3.63, 3.8) is 0 Å². The van der Waals surface area contributed by atoms with Gasteiger partial charge in [-0.2, -0.15) is 0 Å². The highest BCUT2D eigenvalue weighted by Gasteiger charge is 2.16. The Labute approximate surface area is 203 Å². The number of hydrogen-bond donors (Lipinski definition) is 4. The van der Waals surface area contributed by atoms with E-state index in [0.717, 1.165) is 43.8 Å². The van der Waals surface area contributed by atoms with Crippen molar-refractivity contribution < 1.29 is 10.2 Å². The van der Waals surface area contributed by atoms with Gasteiger partial charge in [-0.15, -0.1) is 0 Å². The first-order valence-electron chi connectivity index (χ1n) is 11.5. The maximum absolute atomic E-state index is 11.7. The quantitative estimate of drug-likeness (QED) is 0.247. The first-order valence-corrected chi connectivity index (χ1v) is 12.3. The van der Waals surface area contributed by atoms with Crippen LogP contribution in [-0.4, -0.2) is 46.8 Å². The fraction of sp³-hybridized carbons (Fsp3) is 0.296. The van der Waals surface area contributed by atoms with Gasteiger partial charge in [0.2, 0.25) is 0 Å². The number of phenols is 1. The van der Waals surface area contributed by atoms with Crippen molar-refractivity contribution in [3.05, 3.63) is 98.7 Å². The van der Waals surface area contributed by atoms with Gasteiger partial charge in [0.15, 0.2) is 0 Å². The molecule has 0 bridgehead atoms. The van der Waals surface area contributed by atoms with E-state index >= 15 is 0 Å². The van der Waals surface area contributed by atoms with E-state index in [2.05, 4.69) is 70.8 Å². The van der Waals surface area contributed by atoms with Crippen LogP contribution in [0.4, 0.5) is 0 Å². The van der Waals surface area contributed by atoms with Gasteiger partial charge >= 0.3 is 4.87 Å². The molecule has 0 spiro atoms. The third-order valence-electron chi connectivity index (χ3n) is 5.94. The fourth-order valence-corrected chi connectivity index (χ4v) is 5.04. The molecule has 0 saturated carbocycles. The maximum Gasteiger partial charge on any atom is 0.305 e. The molecule has 1 aromatic heterocycles. The van der Waals surface area contributed by atoms with Gasteiger partial charge in [0.1, 0.15) is 11.3 Å². The zero-order chi connectivity index (χ0) is 23.9. The van der Waals surface area contributed by atoms with E-state index < -0.39 is 6.10 Å². The molecule has 178 valence electrons. The molecule has 0 unspecified atom stereocenters. The average molecular weight is 478 g/mol. The number of nitrogens with one attached hydrogen (secondary N) is 2. The van der Waals surface area contributed by atoms with Crippen LogP contribution >= 0.6 is 11.3 Å². The van der Waals surface area contributed by atoms with Gasteiger partial charge in [-0.05, 0) is 49.2 Å². The Morgan fingerprint density at radius 2 is 1.76 bits per heavy atom. The van der Waals surface area contributed by atoms with Crippen LogP contribution in [0.3, 0.4) is 0 Å². The monoisotopic (exact) mass is 477 g/mol. The SMILES string of the molecule is CN(CCc1ccccc1)Cc1cccc(CCNC[C@H](O)c2ccc(O)c3[nH]c(=O)sc23)c1. The van der Waals surface area contributed by atoms with Crippen molar-refractivity contribution in [2.75, 3.05) is 26.7 Å². The molecule has 0 amide bonds. The highest BCUT2D eigenvalue weighted by molar-refractivity contribution is 7.16. The lowest BCUT2D eigenvalue weighted by atomic mass is 10.1. The molecule has 0 aliphatic heterocycles. The van der Waals surface area contributed by atoms with E-state index in [4.69, 9.17) is 0 Å². The predicted octanol–water partition coefficient (Wildman–Crippen LogP) is 3.84. The summed E-state index contributed by atoms with van der Waals surface area (Å²) in [4.78, 5) is 16.4. The molecule has 1 heterocycles. The van der Waals surface area contributed by atoms with Crippen molar-refractivity contribution in [1.29, 1.82) is 0 Å². The van der Waals surface area contributed by atoms with Gasteiger partial charge in [0, 0.05) is 25.2 Å². The zero-order valence-corrected chi connectivity index (χ0v) is 20.1. The number of rotatable bonds is 11. The van der Waals surface area contributed by atoms with E-state index in [9.17, 15) is 15.0 Å². The summed E-state index contributed by atoms with van der Waals surface area (Å²) in [5.74, 6) is 0.0165. The van der Waals surface area contributed by atoms with Crippen LogP contribution in [0.25, 0.3) is 10.2 Å². The molecule has 4 N–H and O–H groups in total. The molecule has 4 aromatic rings. The molecule has 0 fully saturated rings. The molecule has 0 saturated heterocycles. The van der Waals surface area contributed by atoms with Crippen LogP contribution in [0.15, 0.2) is 71.5 Å². The normalized spacial score (nSPS) is 12.4. The maximum atomic E-state index is 11.7. The van der Waals surface area contributed by atoms with Crippen molar-refractivity contribution in [3.8, 4) is 5.75 Å². The standard InChI is InChI=1S/C27H31N3O3S/c1-30(15-13-19-6-3-2-4-7-19)18-21-9-5-8-20(16-21)12-14-28-17-24(32)22-10-11-23(31)25-26(22)34-27(33)29-25/h2-11,16,24,28,31-32H,12-15,17-18H2,1H3,(H,29,33)/t24-/m0/s1. The van der Waals surface area contributed by atoms with Crippen LogP contribution in [0.5, 0.6) is 5.75 Å². The van der Waals surface area contributed by atoms with Crippen LogP contribution in [-0.2, 0) is 19.4 Å². The second-order valence-corrected chi connectivity index (χ2v) is 9.64. The minimum Gasteiger partial charge on any atom is -0.506 e. The number of nitrogens with zero attached hydrogens (tertiary/aromatic N) is 1. The molecule has 0 aliphatic rings. The molecule has 0 aliphatic carbocycles. The van der Waals surface area contributed by atoms with Crippen LogP contribution in [0.1, 0.15) is 28.4 Å².